The first kappa shape index (κ1) is 16.1. The average molecular weight is 321 g/mol. The summed E-state index contributed by atoms with van der Waals surface area (Å²) in [6.45, 7) is 3.85. The number of carbonyl (C=O) groups excluding carboxylic acids is 1. The summed E-state index contributed by atoms with van der Waals surface area (Å²) < 4.78 is 6.60. The highest BCUT2D eigenvalue weighted by molar-refractivity contribution is 6.30. The first-order chi connectivity index (χ1) is 10.5. The number of nitrogens with one attached hydrogen (secondary N) is 1. The van der Waals surface area contributed by atoms with E-state index < -0.39 is 6.04 Å². The van der Waals surface area contributed by atoms with Gasteiger partial charge in [-0.05, 0) is 50.2 Å². The number of amides is 1. The molecule has 0 fully saturated rings. The minimum atomic E-state index is -0.663. The van der Waals surface area contributed by atoms with Crippen molar-refractivity contribution in [2.24, 2.45) is 0 Å². The number of anilines is 1. The van der Waals surface area contributed by atoms with Gasteiger partial charge in [0, 0.05) is 16.9 Å². The van der Waals surface area contributed by atoms with E-state index in [0.29, 0.717) is 17.3 Å². The molecule has 1 aromatic heterocycles. The molecule has 5 nitrogen and oxygen atoms in total. The second-order valence-corrected chi connectivity index (χ2v) is 5.13. The number of hydrogen-bond acceptors (Lipinski definition) is 3. The predicted molar refractivity (Wildman–Crippen MR) is 86.7 cm³/mol. The fraction of sp³-hybridized carbons (Fsp3) is 0.250. The van der Waals surface area contributed by atoms with Gasteiger partial charge in [-0.3, -0.25) is 9.59 Å². The second kappa shape index (κ2) is 7.13. The minimum Gasteiger partial charge on any atom is -0.488 e. The third-order valence-electron chi connectivity index (χ3n) is 3.15. The van der Waals surface area contributed by atoms with Gasteiger partial charge >= 0.3 is 0 Å². The Morgan fingerprint density at radius 3 is 2.64 bits per heavy atom. The number of ether oxygens (including phenoxy) is 1. The summed E-state index contributed by atoms with van der Waals surface area (Å²) in [4.78, 5) is 24.5. The van der Waals surface area contributed by atoms with Gasteiger partial charge in [0.05, 0.1) is 6.61 Å². The second-order valence-electron chi connectivity index (χ2n) is 4.69. The Bertz CT molecular complexity index is 710. The molecule has 6 heteroatoms. The van der Waals surface area contributed by atoms with E-state index in [-0.39, 0.29) is 17.2 Å². The van der Waals surface area contributed by atoms with Crippen LogP contribution < -0.4 is 15.6 Å². The molecular weight excluding hydrogens is 304 g/mol. The molecular formula is C16H17ClN2O3. The van der Waals surface area contributed by atoms with Gasteiger partial charge in [-0.25, -0.2) is 0 Å². The molecule has 2 aromatic rings. The van der Waals surface area contributed by atoms with E-state index in [0.717, 1.165) is 0 Å². The molecule has 0 aliphatic carbocycles. The van der Waals surface area contributed by atoms with Crippen LogP contribution in [-0.4, -0.2) is 17.1 Å². The molecule has 1 amide bonds. The Morgan fingerprint density at radius 1 is 1.32 bits per heavy atom. The fourth-order valence-corrected chi connectivity index (χ4v) is 2.09. The molecule has 2 rings (SSSR count). The van der Waals surface area contributed by atoms with Crippen LogP contribution in [0.15, 0.2) is 47.4 Å². The van der Waals surface area contributed by atoms with Crippen molar-refractivity contribution >= 4 is 23.2 Å². The smallest absolute Gasteiger partial charge is 0.293 e. The third kappa shape index (κ3) is 3.68. The lowest BCUT2D eigenvalue weighted by atomic mass is 10.2. The lowest BCUT2D eigenvalue weighted by Crippen LogP contribution is -2.31. The van der Waals surface area contributed by atoms with Crippen molar-refractivity contribution in [1.82, 2.24) is 4.57 Å². The van der Waals surface area contributed by atoms with E-state index in [9.17, 15) is 9.59 Å². The zero-order valence-electron chi connectivity index (χ0n) is 12.4. The molecule has 1 atom stereocenters. The van der Waals surface area contributed by atoms with Crippen LogP contribution in [0.5, 0.6) is 5.75 Å². The summed E-state index contributed by atoms with van der Waals surface area (Å²) in [5.41, 5.74) is 0.290. The number of aromatic nitrogens is 1. The molecule has 0 radical (unpaired) electrons. The van der Waals surface area contributed by atoms with E-state index in [1.807, 2.05) is 0 Å². The Hall–Kier alpha value is -2.27. The van der Waals surface area contributed by atoms with E-state index in [1.54, 1.807) is 56.4 Å². The van der Waals surface area contributed by atoms with Crippen molar-refractivity contribution in [2.45, 2.75) is 19.9 Å². The van der Waals surface area contributed by atoms with Gasteiger partial charge in [0.1, 0.15) is 6.04 Å². The molecule has 1 unspecified atom stereocenters. The van der Waals surface area contributed by atoms with Crippen LogP contribution >= 0.6 is 11.6 Å². The van der Waals surface area contributed by atoms with Crippen molar-refractivity contribution in [3.63, 3.8) is 0 Å². The van der Waals surface area contributed by atoms with Crippen molar-refractivity contribution in [3.05, 3.63) is 58.0 Å². The van der Waals surface area contributed by atoms with E-state index in [4.69, 9.17) is 16.3 Å². The fourth-order valence-electron chi connectivity index (χ4n) is 1.97. The first-order valence-corrected chi connectivity index (χ1v) is 7.31. The number of carbonyl (C=O) groups is 1. The number of hydrogen-bond donors (Lipinski definition) is 1. The topological polar surface area (TPSA) is 60.3 Å². The third-order valence-corrected chi connectivity index (χ3v) is 3.40. The molecule has 0 bridgehead atoms. The van der Waals surface area contributed by atoms with E-state index in [1.165, 1.54) is 4.57 Å². The first-order valence-electron chi connectivity index (χ1n) is 6.93. The molecule has 0 spiro atoms. The van der Waals surface area contributed by atoms with Gasteiger partial charge in [0.15, 0.2) is 5.75 Å². The van der Waals surface area contributed by atoms with Gasteiger partial charge < -0.3 is 14.6 Å². The maximum Gasteiger partial charge on any atom is 0.293 e. The summed E-state index contributed by atoms with van der Waals surface area (Å²) in [5.74, 6) is -0.0609. The van der Waals surface area contributed by atoms with Gasteiger partial charge in [0.2, 0.25) is 5.91 Å². The zero-order chi connectivity index (χ0) is 16.1. The molecule has 0 aliphatic heterocycles. The number of rotatable bonds is 5. The maximum atomic E-state index is 12.3. The molecule has 1 N–H and O–H groups in total. The molecule has 0 saturated heterocycles. The Kier molecular flexibility index (Phi) is 5.22. The van der Waals surface area contributed by atoms with Crippen molar-refractivity contribution in [2.75, 3.05) is 11.9 Å². The van der Waals surface area contributed by atoms with Crippen LogP contribution in [0.1, 0.15) is 19.9 Å². The standard InChI is InChI=1S/C16H17ClN2O3/c1-3-22-14-5-4-10-19(16(14)21)11(2)15(20)18-13-8-6-12(17)7-9-13/h4-11H,3H2,1-2H3,(H,18,20). The van der Waals surface area contributed by atoms with Crippen molar-refractivity contribution < 1.29 is 9.53 Å². The largest absolute Gasteiger partial charge is 0.488 e. The van der Waals surface area contributed by atoms with Gasteiger partial charge in [0.25, 0.3) is 5.56 Å². The number of nitrogens with zero attached hydrogens (tertiary/aromatic N) is 1. The summed E-state index contributed by atoms with van der Waals surface area (Å²) in [6, 6.07) is 9.38. The molecule has 1 aromatic carbocycles. The Labute approximate surface area is 133 Å². The summed E-state index contributed by atoms with van der Waals surface area (Å²) in [7, 11) is 0. The Balaban J connectivity index is 2.18. The highest BCUT2D eigenvalue weighted by atomic mass is 35.5. The minimum absolute atomic E-state index is 0.233. The van der Waals surface area contributed by atoms with Crippen LogP contribution in [-0.2, 0) is 4.79 Å². The Morgan fingerprint density at radius 2 is 2.00 bits per heavy atom. The van der Waals surface area contributed by atoms with Gasteiger partial charge in [-0.1, -0.05) is 11.6 Å². The SMILES string of the molecule is CCOc1cccn(C(C)C(=O)Nc2ccc(Cl)cc2)c1=O. The average Bonchev–Trinajstić information content (AvgIpc) is 2.51. The van der Waals surface area contributed by atoms with Crippen LogP contribution in [0.25, 0.3) is 0 Å². The lowest BCUT2D eigenvalue weighted by Gasteiger charge is -2.16. The maximum absolute atomic E-state index is 12.3. The van der Waals surface area contributed by atoms with E-state index in [2.05, 4.69) is 5.32 Å². The van der Waals surface area contributed by atoms with E-state index >= 15 is 0 Å². The summed E-state index contributed by atoms with van der Waals surface area (Å²) in [5, 5.41) is 3.34. The van der Waals surface area contributed by atoms with Crippen LogP contribution in [0.3, 0.4) is 0 Å². The summed E-state index contributed by atoms with van der Waals surface area (Å²) in [6.07, 6.45) is 1.57. The predicted octanol–water partition coefficient (Wildman–Crippen LogP) is 3.10. The van der Waals surface area contributed by atoms with Crippen LogP contribution in [0.4, 0.5) is 5.69 Å². The summed E-state index contributed by atoms with van der Waals surface area (Å²) >= 11 is 5.80. The lowest BCUT2D eigenvalue weighted by molar-refractivity contribution is -0.118. The number of benzene rings is 1. The highest BCUT2D eigenvalue weighted by Gasteiger charge is 2.17. The molecule has 116 valence electrons. The van der Waals surface area contributed by atoms with Crippen molar-refractivity contribution in [3.8, 4) is 5.75 Å². The molecule has 0 aliphatic rings. The van der Waals surface area contributed by atoms with Gasteiger partial charge in [-0.15, -0.1) is 0 Å². The highest BCUT2D eigenvalue weighted by Crippen LogP contribution is 2.15. The molecule has 22 heavy (non-hydrogen) atoms. The molecule has 1 heterocycles. The quantitative estimate of drug-likeness (QED) is 0.921. The van der Waals surface area contributed by atoms with Crippen LogP contribution in [0.2, 0.25) is 5.02 Å². The molecule has 0 saturated carbocycles. The zero-order valence-corrected chi connectivity index (χ0v) is 13.1. The monoisotopic (exact) mass is 320 g/mol. The normalized spacial score (nSPS) is 11.8. The van der Waals surface area contributed by atoms with Crippen LogP contribution in [0, 0.1) is 0 Å². The number of pyridine rings is 1. The van der Waals surface area contributed by atoms with Gasteiger partial charge in [-0.2, -0.15) is 0 Å². The van der Waals surface area contributed by atoms with Crippen molar-refractivity contribution in [1.29, 1.82) is 0 Å². The number of halogens is 1.